The molecule has 0 saturated heterocycles. The van der Waals surface area contributed by atoms with E-state index in [1.165, 1.54) is 5.01 Å². The number of carbonyl (C=O) groups is 1. The molecule has 0 fully saturated rings. The second-order valence-corrected chi connectivity index (χ2v) is 2.90. The van der Waals surface area contributed by atoms with Gasteiger partial charge in [-0.3, -0.25) is 4.79 Å². The Morgan fingerprint density at radius 1 is 1.70 bits per heavy atom. The molecular weight excluding hydrogens is 128 g/mol. The van der Waals surface area contributed by atoms with Crippen LogP contribution in [0, 0.1) is 11.8 Å². The molecule has 0 aromatic carbocycles. The van der Waals surface area contributed by atoms with Crippen LogP contribution in [-0.4, -0.2) is 24.2 Å². The summed E-state index contributed by atoms with van der Waals surface area (Å²) in [5, 5.41) is 5.27. The fourth-order valence-electron chi connectivity index (χ4n) is 0.966. The lowest BCUT2D eigenvalue weighted by molar-refractivity contribution is -0.131. The van der Waals surface area contributed by atoms with Gasteiger partial charge in [-0.15, -0.1) is 0 Å². The number of nitrogens with zero attached hydrogens (tertiary/aromatic N) is 2. The predicted octanol–water partition coefficient (Wildman–Crippen LogP) is 0.716. The fourth-order valence-corrected chi connectivity index (χ4v) is 0.966. The third-order valence-corrected chi connectivity index (χ3v) is 1.72. The summed E-state index contributed by atoms with van der Waals surface area (Å²) in [4.78, 5) is 11.1. The summed E-state index contributed by atoms with van der Waals surface area (Å²) in [7, 11) is 1.68. The molecule has 3 heteroatoms. The van der Waals surface area contributed by atoms with Crippen LogP contribution in [0.15, 0.2) is 5.10 Å². The summed E-state index contributed by atoms with van der Waals surface area (Å²) in [5.41, 5.74) is 0. The molecule has 0 N–H and O–H groups in total. The van der Waals surface area contributed by atoms with Gasteiger partial charge in [0.05, 0.1) is 5.92 Å². The molecule has 1 unspecified atom stereocenters. The Balaban J connectivity index is 2.67. The average Bonchev–Trinajstić information content (AvgIpc) is 2.14. The van der Waals surface area contributed by atoms with E-state index in [1.807, 2.05) is 13.8 Å². The van der Waals surface area contributed by atoms with Gasteiger partial charge in [0.1, 0.15) is 0 Å². The van der Waals surface area contributed by atoms with Crippen molar-refractivity contribution in [3.05, 3.63) is 0 Å². The van der Waals surface area contributed by atoms with E-state index in [0.717, 1.165) is 0 Å². The number of amides is 1. The highest BCUT2D eigenvalue weighted by Gasteiger charge is 2.27. The molecule has 1 heterocycles. The van der Waals surface area contributed by atoms with Gasteiger partial charge in [0.15, 0.2) is 0 Å². The van der Waals surface area contributed by atoms with Gasteiger partial charge >= 0.3 is 0 Å². The van der Waals surface area contributed by atoms with Gasteiger partial charge in [-0.1, -0.05) is 13.8 Å². The molecule has 0 aromatic heterocycles. The molecule has 1 aliphatic heterocycles. The van der Waals surface area contributed by atoms with Crippen molar-refractivity contribution in [1.82, 2.24) is 5.01 Å². The van der Waals surface area contributed by atoms with E-state index in [1.54, 1.807) is 13.3 Å². The van der Waals surface area contributed by atoms with Crippen molar-refractivity contribution in [1.29, 1.82) is 0 Å². The molecule has 0 radical (unpaired) electrons. The van der Waals surface area contributed by atoms with E-state index in [-0.39, 0.29) is 11.8 Å². The second-order valence-electron chi connectivity index (χ2n) is 2.90. The predicted molar refractivity (Wildman–Crippen MR) is 39.6 cm³/mol. The molecule has 0 saturated carbocycles. The lowest BCUT2D eigenvalue weighted by Gasteiger charge is -2.10. The monoisotopic (exact) mass is 140 g/mol. The molecular formula is C7H12N2O. The van der Waals surface area contributed by atoms with Crippen LogP contribution in [0.4, 0.5) is 0 Å². The first-order valence-corrected chi connectivity index (χ1v) is 3.44. The number of rotatable bonds is 1. The van der Waals surface area contributed by atoms with Crippen LogP contribution in [0.2, 0.25) is 0 Å². The van der Waals surface area contributed by atoms with Crippen LogP contribution in [0.25, 0.3) is 0 Å². The quantitative estimate of drug-likeness (QED) is 0.528. The summed E-state index contributed by atoms with van der Waals surface area (Å²) in [5.74, 6) is 0.473. The molecule has 0 aromatic rings. The first-order chi connectivity index (χ1) is 4.63. The van der Waals surface area contributed by atoms with E-state index in [9.17, 15) is 4.79 Å². The molecule has 1 amide bonds. The minimum absolute atomic E-state index is 0.00463. The normalized spacial score (nSPS) is 25.0. The van der Waals surface area contributed by atoms with Crippen molar-refractivity contribution in [3.8, 4) is 0 Å². The molecule has 0 spiro atoms. The van der Waals surface area contributed by atoms with Crippen molar-refractivity contribution in [3.63, 3.8) is 0 Å². The maximum atomic E-state index is 11.1. The number of carbonyl (C=O) groups excluding carboxylic acids is 1. The van der Waals surface area contributed by atoms with Gasteiger partial charge in [-0.05, 0) is 5.92 Å². The summed E-state index contributed by atoms with van der Waals surface area (Å²) in [6, 6.07) is 0. The van der Waals surface area contributed by atoms with Gasteiger partial charge in [-0.2, -0.15) is 5.10 Å². The SMILES string of the molecule is CC(C)C1C=NN(C)C1=O. The Morgan fingerprint density at radius 2 is 2.30 bits per heavy atom. The second kappa shape index (κ2) is 2.40. The van der Waals surface area contributed by atoms with Crippen LogP contribution in [0.1, 0.15) is 13.8 Å². The largest absolute Gasteiger partial charge is 0.272 e. The van der Waals surface area contributed by atoms with Crippen LogP contribution in [-0.2, 0) is 4.79 Å². The molecule has 1 aliphatic rings. The Bertz CT molecular complexity index is 174. The van der Waals surface area contributed by atoms with Crippen LogP contribution < -0.4 is 0 Å². The fraction of sp³-hybridized carbons (Fsp3) is 0.714. The van der Waals surface area contributed by atoms with Crippen LogP contribution >= 0.6 is 0 Å². The lowest BCUT2D eigenvalue weighted by atomic mass is 9.97. The van der Waals surface area contributed by atoms with E-state index in [4.69, 9.17) is 0 Å². The number of hydrazone groups is 1. The average molecular weight is 140 g/mol. The molecule has 10 heavy (non-hydrogen) atoms. The molecule has 1 rings (SSSR count). The Kier molecular flexibility index (Phi) is 1.74. The topological polar surface area (TPSA) is 32.7 Å². The first-order valence-electron chi connectivity index (χ1n) is 3.44. The minimum Gasteiger partial charge on any atom is -0.272 e. The van der Waals surface area contributed by atoms with Crippen LogP contribution in [0.3, 0.4) is 0 Å². The molecule has 0 aliphatic carbocycles. The Morgan fingerprint density at radius 3 is 2.50 bits per heavy atom. The van der Waals surface area contributed by atoms with E-state index < -0.39 is 0 Å². The first kappa shape index (κ1) is 7.25. The molecule has 56 valence electrons. The molecule has 3 nitrogen and oxygen atoms in total. The van der Waals surface area contributed by atoms with Crippen LogP contribution in [0.5, 0.6) is 0 Å². The maximum absolute atomic E-state index is 11.1. The number of hydrogen-bond acceptors (Lipinski definition) is 2. The van der Waals surface area contributed by atoms with Crippen molar-refractivity contribution >= 4 is 12.1 Å². The third kappa shape index (κ3) is 1.03. The standard InChI is InChI=1S/C7H12N2O/c1-5(2)6-4-8-9(3)7(6)10/h4-6H,1-3H3. The van der Waals surface area contributed by atoms with Crippen molar-refractivity contribution in [2.24, 2.45) is 16.9 Å². The van der Waals surface area contributed by atoms with Gasteiger partial charge < -0.3 is 0 Å². The van der Waals surface area contributed by atoms with Gasteiger partial charge in [0, 0.05) is 13.3 Å². The highest BCUT2D eigenvalue weighted by Crippen LogP contribution is 2.16. The maximum Gasteiger partial charge on any atom is 0.251 e. The zero-order valence-corrected chi connectivity index (χ0v) is 6.53. The van der Waals surface area contributed by atoms with Gasteiger partial charge in [0.25, 0.3) is 5.91 Å². The lowest BCUT2D eigenvalue weighted by Crippen LogP contribution is -2.25. The van der Waals surface area contributed by atoms with Crippen molar-refractivity contribution in [2.75, 3.05) is 7.05 Å². The summed E-state index contributed by atoms with van der Waals surface area (Å²) in [6.07, 6.45) is 1.72. The highest BCUT2D eigenvalue weighted by atomic mass is 16.2. The summed E-state index contributed by atoms with van der Waals surface area (Å²) >= 11 is 0. The third-order valence-electron chi connectivity index (χ3n) is 1.72. The Hall–Kier alpha value is -0.860. The van der Waals surface area contributed by atoms with E-state index >= 15 is 0 Å². The van der Waals surface area contributed by atoms with Crippen molar-refractivity contribution in [2.45, 2.75) is 13.8 Å². The minimum atomic E-state index is 0.00463. The van der Waals surface area contributed by atoms with E-state index in [2.05, 4.69) is 5.10 Å². The van der Waals surface area contributed by atoms with Crippen molar-refractivity contribution < 1.29 is 4.79 Å². The highest BCUT2D eigenvalue weighted by molar-refractivity contribution is 5.97. The Labute approximate surface area is 60.7 Å². The van der Waals surface area contributed by atoms with E-state index in [0.29, 0.717) is 5.92 Å². The molecule has 0 bridgehead atoms. The summed E-state index contributed by atoms with van der Waals surface area (Å²) < 4.78 is 0. The summed E-state index contributed by atoms with van der Waals surface area (Å²) in [6.45, 7) is 4.04. The zero-order valence-electron chi connectivity index (χ0n) is 6.53. The number of hydrogen-bond donors (Lipinski definition) is 0. The van der Waals surface area contributed by atoms with Gasteiger partial charge in [0.2, 0.25) is 0 Å². The zero-order chi connectivity index (χ0) is 7.72. The smallest absolute Gasteiger partial charge is 0.251 e. The molecule has 1 atom stereocenters. The van der Waals surface area contributed by atoms with Gasteiger partial charge in [-0.25, -0.2) is 5.01 Å².